The van der Waals surface area contributed by atoms with Gasteiger partial charge in [-0.3, -0.25) is 0 Å². The van der Waals surface area contributed by atoms with E-state index >= 15 is 0 Å². The van der Waals surface area contributed by atoms with E-state index in [1.807, 2.05) is 0 Å². The quantitative estimate of drug-likeness (QED) is 0.667. The van der Waals surface area contributed by atoms with Crippen LogP contribution in [0.25, 0.3) is 0 Å². The molecule has 1 heterocycles. The summed E-state index contributed by atoms with van der Waals surface area (Å²) in [5.74, 6) is -1.18. The Morgan fingerprint density at radius 1 is 1.38 bits per heavy atom. The Balaban J connectivity index is 2.40. The van der Waals surface area contributed by atoms with Gasteiger partial charge in [-0.05, 0) is 12.1 Å². The highest BCUT2D eigenvalue weighted by molar-refractivity contribution is 5.43. The highest BCUT2D eigenvalue weighted by Crippen LogP contribution is 2.40. The van der Waals surface area contributed by atoms with E-state index in [0.717, 1.165) is 0 Å². The third kappa shape index (κ3) is 1.23. The van der Waals surface area contributed by atoms with Crippen molar-refractivity contribution in [1.29, 1.82) is 0 Å². The summed E-state index contributed by atoms with van der Waals surface area (Å²) in [5, 5.41) is 0. The fourth-order valence-electron chi connectivity index (χ4n) is 1.16. The Morgan fingerprint density at radius 2 is 2.15 bits per heavy atom. The van der Waals surface area contributed by atoms with Gasteiger partial charge in [0.25, 0.3) is 0 Å². The number of fused-ring (bicyclic) bond motifs is 1. The van der Waals surface area contributed by atoms with Crippen LogP contribution in [0.5, 0.6) is 11.5 Å². The predicted octanol–water partition coefficient (Wildman–Crippen LogP) is 1.92. The zero-order chi connectivity index (χ0) is 9.47. The molecule has 1 aromatic rings. The Kier molecular flexibility index (Phi) is 1.66. The number of rotatable bonds is 1. The zero-order valence-electron chi connectivity index (χ0n) is 7.33. The number of halogens is 1. The summed E-state index contributed by atoms with van der Waals surface area (Å²) in [4.78, 5) is 0. The minimum absolute atomic E-state index is 0.104. The lowest BCUT2D eigenvalue weighted by molar-refractivity contribution is -0.254. The Bertz CT molecular complexity index is 340. The lowest BCUT2D eigenvalue weighted by Gasteiger charge is -2.19. The monoisotopic (exact) mass is 184 g/mol. The molecule has 1 atom stereocenters. The molecule has 0 spiro atoms. The van der Waals surface area contributed by atoms with Gasteiger partial charge in [-0.15, -0.1) is 0 Å². The van der Waals surface area contributed by atoms with Gasteiger partial charge in [0, 0.05) is 14.0 Å². The largest absolute Gasteiger partial charge is 0.426 e. The van der Waals surface area contributed by atoms with Gasteiger partial charge in [0.15, 0.2) is 11.6 Å². The summed E-state index contributed by atoms with van der Waals surface area (Å²) in [5.41, 5.74) is 0. The molecule has 0 radical (unpaired) electrons. The van der Waals surface area contributed by atoms with Gasteiger partial charge >= 0.3 is 5.97 Å². The number of benzene rings is 1. The predicted molar refractivity (Wildman–Crippen MR) is 43.1 cm³/mol. The lowest BCUT2D eigenvalue weighted by Crippen LogP contribution is -2.36. The molecule has 0 aliphatic carbocycles. The molecule has 0 bridgehead atoms. The van der Waals surface area contributed by atoms with E-state index in [0.29, 0.717) is 5.75 Å². The second kappa shape index (κ2) is 2.60. The van der Waals surface area contributed by atoms with Gasteiger partial charge in [0.1, 0.15) is 0 Å². The number of para-hydroxylation sites is 1. The van der Waals surface area contributed by atoms with Crippen molar-refractivity contribution in [3.63, 3.8) is 0 Å². The van der Waals surface area contributed by atoms with Crippen LogP contribution in [0, 0.1) is 5.82 Å². The van der Waals surface area contributed by atoms with Crippen molar-refractivity contribution in [3.05, 3.63) is 24.0 Å². The van der Waals surface area contributed by atoms with Crippen LogP contribution in [0.4, 0.5) is 4.39 Å². The first-order chi connectivity index (χ1) is 6.14. The molecule has 1 aliphatic rings. The van der Waals surface area contributed by atoms with E-state index in [1.54, 1.807) is 19.1 Å². The molecule has 0 amide bonds. The third-order valence-electron chi connectivity index (χ3n) is 1.88. The number of hydrogen-bond acceptors (Lipinski definition) is 3. The van der Waals surface area contributed by atoms with Crippen LogP contribution in [-0.2, 0) is 4.74 Å². The molecule has 1 aliphatic heterocycles. The molecule has 0 N–H and O–H groups in total. The van der Waals surface area contributed by atoms with Crippen molar-refractivity contribution in [2.45, 2.75) is 12.9 Å². The zero-order valence-corrected chi connectivity index (χ0v) is 7.33. The smallest absolute Gasteiger partial charge is 0.368 e. The van der Waals surface area contributed by atoms with Crippen molar-refractivity contribution >= 4 is 0 Å². The SMILES string of the molecule is COC1(C)Oc2cccc(F)c2O1. The Hall–Kier alpha value is -1.29. The molecule has 70 valence electrons. The maximum Gasteiger partial charge on any atom is 0.368 e. The molecule has 1 aromatic carbocycles. The second-order valence-corrected chi connectivity index (χ2v) is 2.84. The Morgan fingerprint density at radius 3 is 2.77 bits per heavy atom. The fraction of sp³-hybridized carbons (Fsp3) is 0.333. The average molecular weight is 184 g/mol. The van der Waals surface area contributed by atoms with Crippen LogP contribution < -0.4 is 9.47 Å². The topological polar surface area (TPSA) is 27.7 Å². The second-order valence-electron chi connectivity index (χ2n) is 2.84. The highest BCUT2D eigenvalue weighted by Gasteiger charge is 2.38. The molecule has 13 heavy (non-hydrogen) atoms. The normalized spacial score (nSPS) is 24.8. The average Bonchev–Trinajstić information content (AvgIpc) is 2.45. The fourth-order valence-corrected chi connectivity index (χ4v) is 1.16. The van der Waals surface area contributed by atoms with E-state index in [1.165, 1.54) is 13.2 Å². The van der Waals surface area contributed by atoms with Gasteiger partial charge in [0.2, 0.25) is 5.75 Å². The summed E-state index contributed by atoms with van der Waals surface area (Å²) in [6.07, 6.45) is 0. The van der Waals surface area contributed by atoms with Crippen LogP contribution in [0.2, 0.25) is 0 Å². The van der Waals surface area contributed by atoms with E-state index in [-0.39, 0.29) is 5.75 Å². The number of ether oxygens (including phenoxy) is 3. The van der Waals surface area contributed by atoms with Crippen LogP contribution >= 0.6 is 0 Å². The first kappa shape index (κ1) is 8.31. The van der Waals surface area contributed by atoms with Gasteiger partial charge in [-0.25, -0.2) is 4.39 Å². The van der Waals surface area contributed by atoms with Crippen LogP contribution in [0.1, 0.15) is 6.92 Å². The standard InChI is InChI=1S/C9H9FO3/c1-9(11-2)12-7-5-3-4-6(10)8(7)13-9/h3-5H,1-2H3. The van der Waals surface area contributed by atoms with Crippen molar-refractivity contribution in [2.24, 2.45) is 0 Å². The maximum absolute atomic E-state index is 13.1. The Labute approximate surface area is 75.0 Å². The van der Waals surface area contributed by atoms with E-state index in [4.69, 9.17) is 14.2 Å². The minimum atomic E-state index is -1.20. The van der Waals surface area contributed by atoms with Crippen LogP contribution in [0.15, 0.2) is 18.2 Å². The van der Waals surface area contributed by atoms with Crippen molar-refractivity contribution < 1.29 is 18.6 Å². The summed E-state index contributed by atoms with van der Waals surface area (Å²) in [6.45, 7) is 1.58. The van der Waals surface area contributed by atoms with E-state index < -0.39 is 11.8 Å². The van der Waals surface area contributed by atoms with E-state index in [2.05, 4.69) is 0 Å². The molecule has 4 heteroatoms. The van der Waals surface area contributed by atoms with Gasteiger partial charge in [-0.1, -0.05) is 6.07 Å². The van der Waals surface area contributed by atoms with Gasteiger partial charge in [-0.2, -0.15) is 0 Å². The summed E-state index contributed by atoms with van der Waals surface area (Å²) in [7, 11) is 1.43. The molecule has 0 aromatic heterocycles. The molecule has 3 nitrogen and oxygen atoms in total. The van der Waals surface area contributed by atoms with Crippen LogP contribution in [-0.4, -0.2) is 13.1 Å². The van der Waals surface area contributed by atoms with Crippen molar-refractivity contribution in [2.75, 3.05) is 7.11 Å². The molecule has 0 fully saturated rings. The minimum Gasteiger partial charge on any atom is -0.426 e. The first-order valence-electron chi connectivity index (χ1n) is 3.86. The molecule has 0 saturated heterocycles. The van der Waals surface area contributed by atoms with Crippen molar-refractivity contribution in [1.82, 2.24) is 0 Å². The number of hydrogen-bond donors (Lipinski definition) is 0. The summed E-state index contributed by atoms with van der Waals surface area (Å²) >= 11 is 0. The maximum atomic E-state index is 13.1. The molecule has 0 saturated carbocycles. The van der Waals surface area contributed by atoms with Crippen molar-refractivity contribution in [3.8, 4) is 11.5 Å². The van der Waals surface area contributed by atoms with Gasteiger partial charge in [0.05, 0.1) is 0 Å². The highest BCUT2D eigenvalue weighted by atomic mass is 19.1. The summed E-state index contributed by atoms with van der Waals surface area (Å²) < 4.78 is 28.4. The number of methoxy groups -OCH3 is 1. The molecule has 1 unspecified atom stereocenters. The third-order valence-corrected chi connectivity index (χ3v) is 1.88. The van der Waals surface area contributed by atoms with Gasteiger partial charge < -0.3 is 14.2 Å². The van der Waals surface area contributed by atoms with Crippen LogP contribution in [0.3, 0.4) is 0 Å². The molecular formula is C9H9FO3. The first-order valence-corrected chi connectivity index (χ1v) is 3.86. The lowest BCUT2D eigenvalue weighted by atomic mass is 10.3. The molecular weight excluding hydrogens is 175 g/mol. The molecule has 2 rings (SSSR count). The van der Waals surface area contributed by atoms with E-state index in [9.17, 15) is 4.39 Å². The summed E-state index contributed by atoms with van der Waals surface area (Å²) in [6, 6.07) is 4.49.